The molecule has 1 saturated carbocycles. The molecular formula is C33H35F3N2O4. The third-order valence-electron chi connectivity index (χ3n) is 7.32. The second-order valence-electron chi connectivity index (χ2n) is 10.5. The molecule has 1 fully saturated rings. The summed E-state index contributed by atoms with van der Waals surface area (Å²) in [6.45, 7) is 3.87. The molecule has 0 unspecified atom stereocenters. The molecule has 5 rings (SSSR count). The highest BCUT2D eigenvalue weighted by atomic mass is 19.2. The van der Waals surface area contributed by atoms with Gasteiger partial charge >= 0.3 is 0 Å². The van der Waals surface area contributed by atoms with E-state index in [1.54, 1.807) is 0 Å². The number of hydrogen-bond donors (Lipinski definition) is 2. The lowest BCUT2D eigenvalue weighted by Gasteiger charge is -2.28. The lowest BCUT2D eigenvalue weighted by atomic mass is 9.92. The molecule has 1 heterocycles. The Balaban J connectivity index is 0.00000129. The molecule has 3 aromatic carbocycles. The summed E-state index contributed by atoms with van der Waals surface area (Å²) in [6.07, 6.45) is 4.02. The number of benzene rings is 3. The van der Waals surface area contributed by atoms with Crippen molar-refractivity contribution in [3.8, 4) is 5.75 Å². The third-order valence-corrected chi connectivity index (χ3v) is 7.32. The Hall–Kier alpha value is -4.11. The Labute approximate surface area is 243 Å². The van der Waals surface area contributed by atoms with Crippen LogP contribution in [0.3, 0.4) is 0 Å². The molecule has 2 aliphatic rings. The van der Waals surface area contributed by atoms with Crippen molar-refractivity contribution in [1.82, 2.24) is 10.2 Å². The molecule has 0 radical (unpaired) electrons. The van der Waals surface area contributed by atoms with Crippen LogP contribution in [0.1, 0.15) is 47.9 Å². The number of carbonyl (C=O) groups excluding carboxylic acids is 1. The highest BCUT2D eigenvalue weighted by Gasteiger charge is 2.35. The molecule has 1 aliphatic carbocycles. The van der Waals surface area contributed by atoms with Gasteiger partial charge in [-0.3, -0.25) is 9.59 Å². The Morgan fingerprint density at radius 1 is 1.05 bits per heavy atom. The number of nitrogens with one attached hydrogen (secondary N) is 1. The molecule has 1 amide bonds. The minimum absolute atomic E-state index is 0.0620. The summed E-state index contributed by atoms with van der Waals surface area (Å²) < 4.78 is 46.0. The van der Waals surface area contributed by atoms with Gasteiger partial charge in [-0.05, 0) is 80.0 Å². The fourth-order valence-electron chi connectivity index (χ4n) is 5.11. The molecule has 42 heavy (non-hydrogen) atoms. The van der Waals surface area contributed by atoms with Crippen LogP contribution in [0.4, 0.5) is 13.2 Å². The van der Waals surface area contributed by atoms with E-state index in [0.717, 1.165) is 65.8 Å². The van der Waals surface area contributed by atoms with Crippen molar-refractivity contribution >= 4 is 18.0 Å². The number of carbonyl (C=O) groups is 2. The van der Waals surface area contributed by atoms with Gasteiger partial charge in [-0.1, -0.05) is 54.1 Å². The number of amides is 1. The van der Waals surface area contributed by atoms with Gasteiger partial charge in [-0.25, -0.2) is 8.78 Å². The van der Waals surface area contributed by atoms with Crippen LogP contribution in [-0.4, -0.2) is 48.1 Å². The number of hydrogen-bond acceptors (Lipinski definition) is 4. The molecule has 9 heteroatoms. The van der Waals surface area contributed by atoms with Gasteiger partial charge in [0.15, 0.2) is 17.4 Å². The van der Waals surface area contributed by atoms with Gasteiger partial charge in [0.05, 0.1) is 6.61 Å². The van der Waals surface area contributed by atoms with Gasteiger partial charge in [-0.2, -0.15) is 4.39 Å². The number of carboxylic acid groups (broad SMARTS) is 1. The van der Waals surface area contributed by atoms with Crippen molar-refractivity contribution < 1.29 is 32.6 Å². The van der Waals surface area contributed by atoms with E-state index in [1.807, 2.05) is 35.2 Å². The van der Waals surface area contributed by atoms with E-state index in [4.69, 9.17) is 14.6 Å². The van der Waals surface area contributed by atoms with Gasteiger partial charge in [0.25, 0.3) is 12.4 Å². The van der Waals surface area contributed by atoms with Crippen LogP contribution < -0.4 is 10.1 Å². The predicted molar refractivity (Wildman–Crippen MR) is 154 cm³/mol. The monoisotopic (exact) mass is 580 g/mol. The van der Waals surface area contributed by atoms with Crippen molar-refractivity contribution in [3.05, 3.63) is 106 Å². The Bertz CT molecular complexity index is 1420. The van der Waals surface area contributed by atoms with Crippen molar-refractivity contribution in [1.29, 1.82) is 0 Å². The molecule has 0 saturated heterocycles. The van der Waals surface area contributed by atoms with Crippen molar-refractivity contribution in [2.45, 2.75) is 51.6 Å². The summed E-state index contributed by atoms with van der Waals surface area (Å²) in [6, 6.07) is 18.3. The number of rotatable bonds is 10. The number of aryl methyl sites for hydroxylation is 2. The largest absolute Gasteiger partial charge is 0.488 e. The van der Waals surface area contributed by atoms with Gasteiger partial charge in [0.2, 0.25) is 5.82 Å². The molecule has 1 aliphatic heterocycles. The molecule has 222 valence electrons. The fourth-order valence-corrected chi connectivity index (χ4v) is 5.11. The van der Waals surface area contributed by atoms with E-state index in [0.29, 0.717) is 32.0 Å². The Kier molecular flexibility index (Phi) is 10.8. The first-order chi connectivity index (χ1) is 20.3. The summed E-state index contributed by atoms with van der Waals surface area (Å²) in [5.74, 6) is -3.93. The van der Waals surface area contributed by atoms with Gasteiger partial charge in [-0.15, -0.1) is 0 Å². The van der Waals surface area contributed by atoms with Crippen molar-refractivity contribution in [2.24, 2.45) is 0 Å². The highest BCUT2D eigenvalue weighted by molar-refractivity contribution is 6.02. The summed E-state index contributed by atoms with van der Waals surface area (Å²) in [5.41, 5.74) is 6.34. The first-order valence-electron chi connectivity index (χ1n) is 14.0. The molecule has 6 nitrogen and oxygen atoms in total. The Morgan fingerprint density at radius 3 is 2.45 bits per heavy atom. The van der Waals surface area contributed by atoms with Crippen LogP contribution in [-0.2, 0) is 22.6 Å². The third kappa shape index (κ3) is 8.00. The lowest BCUT2D eigenvalue weighted by molar-refractivity contribution is -0.128. The quantitative estimate of drug-likeness (QED) is 0.173. The topological polar surface area (TPSA) is 78.9 Å². The average molecular weight is 581 g/mol. The summed E-state index contributed by atoms with van der Waals surface area (Å²) in [5, 5.41) is 10.3. The Morgan fingerprint density at radius 2 is 1.76 bits per heavy atom. The number of nitrogens with zero attached hydrogens (tertiary/aromatic N) is 1. The second-order valence-corrected chi connectivity index (χ2v) is 10.5. The standard InChI is InChI=1S/C32H33F3N2O2.CH2O2/c1-21-4-2-5-23(18-21)20-37(25-11-12-25)32(38)27-19-36-16-15-26(27)24-9-7-22(8-10-24)6-3-17-39-31-29(34)14-13-28(33)30(31)35;2-1-3/h2,4-5,7-10,13-14,18,25,36H,3,6,11-12,15-17,19-20H2,1H3;1H,(H,2,3). The van der Waals surface area contributed by atoms with Gasteiger partial charge < -0.3 is 20.1 Å². The van der Waals surface area contributed by atoms with Crippen molar-refractivity contribution in [2.75, 3.05) is 19.7 Å². The first-order valence-corrected chi connectivity index (χ1v) is 14.0. The van der Waals surface area contributed by atoms with E-state index in [9.17, 15) is 18.0 Å². The van der Waals surface area contributed by atoms with E-state index >= 15 is 0 Å². The minimum Gasteiger partial charge on any atom is -0.488 e. The first kappa shape index (κ1) is 30.8. The second kappa shape index (κ2) is 14.7. The molecular weight excluding hydrogens is 545 g/mol. The normalized spacial score (nSPS) is 14.6. The SMILES string of the molecule is Cc1cccc(CN(C(=O)C2=C(c3ccc(CCCOc4c(F)ccc(F)c4F)cc3)CCNC2)C2CC2)c1.O=CO. The lowest BCUT2D eigenvalue weighted by Crippen LogP contribution is -2.39. The minimum atomic E-state index is -1.31. The number of halogens is 3. The van der Waals surface area contributed by atoms with Gasteiger partial charge in [0.1, 0.15) is 0 Å². The number of ether oxygens (including phenoxy) is 1. The van der Waals surface area contributed by atoms with Gasteiger partial charge in [0, 0.05) is 24.7 Å². The van der Waals surface area contributed by atoms with Crippen LogP contribution in [0.15, 0.2) is 66.2 Å². The maximum atomic E-state index is 13.8. The van der Waals surface area contributed by atoms with E-state index in [1.165, 1.54) is 5.56 Å². The fraction of sp³-hybridized carbons (Fsp3) is 0.333. The summed E-state index contributed by atoms with van der Waals surface area (Å²) in [7, 11) is 0. The molecule has 0 bridgehead atoms. The van der Waals surface area contributed by atoms with E-state index < -0.39 is 23.2 Å². The smallest absolute Gasteiger partial charge is 0.290 e. The van der Waals surface area contributed by atoms with E-state index in [-0.39, 0.29) is 19.0 Å². The molecule has 0 atom stereocenters. The van der Waals surface area contributed by atoms with Crippen LogP contribution in [0.2, 0.25) is 0 Å². The molecule has 0 aromatic heterocycles. The molecule has 2 N–H and O–H groups in total. The average Bonchev–Trinajstić information content (AvgIpc) is 3.84. The van der Waals surface area contributed by atoms with Crippen LogP contribution in [0.5, 0.6) is 5.75 Å². The van der Waals surface area contributed by atoms with E-state index in [2.05, 4.69) is 30.4 Å². The predicted octanol–water partition coefficient (Wildman–Crippen LogP) is 6.06. The zero-order valence-electron chi connectivity index (χ0n) is 23.5. The zero-order chi connectivity index (χ0) is 30.1. The van der Waals surface area contributed by atoms with Crippen molar-refractivity contribution in [3.63, 3.8) is 0 Å². The van der Waals surface area contributed by atoms with Crippen LogP contribution in [0.25, 0.3) is 5.57 Å². The zero-order valence-corrected chi connectivity index (χ0v) is 23.5. The molecule has 0 spiro atoms. The maximum Gasteiger partial charge on any atom is 0.290 e. The van der Waals surface area contributed by atoms with Crippen LogP contribution in [0, 0.1) is 24.4 Å². The maximum absolute atomic E-state index is 13.8. The highest BCUT2D eigenvalue weighted by Crippen LogP contribution is 2.33. The summed E-state index contributed by atoms with van der Waals surface area (Å²) >= 11 is 0. The molecule has 3 aromatic rings. The summed E-state index contributed by atoms with van der Waals surface area (Å²) in [4.78, 5) is 24.2. The van der Waals surface area contributed by atoms with Crippen LogP contribution >= 0.6 is 0 Å².